The number of carboxylic acid groups (broad SMARTS) is 1. The fraction of sp³-hybridized carbons (Fsp3) is 0.571. The van der Waals surface area contributed by atoms with Crippen LogP contribution in [0, 0.1) is 18.8 Å². The molecule has 1 aromatic rings. The molecule has 3 N–H and O–H groups in total. The maximum Gasteiger partial charge on any atom is 0.329 e. The van der Waals surface area contributed by atoms with E-state index in [-0.39, 0.29) is 31.2 Å². The molecule has 0 radical (unpaired) electrons. The number of halogens is 1. The Bertz CT molecular complexity index is 665. The first-order valence-corrected chi connectivity index (χ1v) is 11.2. The number of rotatable bonds is 11. The van der Waals surface area contributed by atoms with E-state index in [2.05, 4.69) is 35.0 Å². The number of allylic oxidation sites excluding steroid dienone is 2. The van der Waals surface area contributed by atoms with Gasteiger partial charge in [-0.3, -0.25) is 0 Å². The highest BCUT2D eigenvalue weighted by molar-refractivity contribution is 9.10. The lowest BCUT2D eigenvalue weighted by Crippen LogP contribution is -2.18. The average Bonchev–Trinajstić information content (AvgIpc) is 3.16. The Morgan fingerprint density at radius 2 is 2.21 bits per heavy atom. The van der Waals surface area contributed by atoms with Crippen LogP contribution in [0.5, 0.6) is 0 Å². The minimum atomic E-state index is -0.981. The van der Waals surface area contributed by atoms with E-state index in [9.17, 15) is 15.0 Å². The number of hydrogen-bond acceptors (Lipinski definition) is 5. The standard InChI is InChI=1S/C21H29BrO5S/c1-14-19(22)12-17(28-14)9-8-16(23)7-5-15-6-10-20(24)18(15)4-2-3-11-27-13-21(25)26/h2-3,5,7,12,15-16,18,20,23-24H,4,6,8-11,13H2,1H3,(H,25,26)/b3-2-,7-5+/t15?,16-,18-,20?/m1/s1. The Hall–Kier alpha value is -0.990. The van der Waals surface area contributed by atoms with Gasteiger partial charge < -0.3 is 20.1 Å². The van der Waals surface area contributed by atoms with E-state index >= 15 is 0 Å². The third-order valence-corrected chi connectivity index (χ3v) is 7.23. The Morgan fingerprint density at radius 1 is 1.43 bits per heavy atom. The monoisotopic (exact) mass is 472 g/mol. The highest BCUT2D eigenvalue weighted by Crippen LogP contribution is 2.36. The van der Waals surface area contributed by atoms with Crippen LogP contribution in [0.2, 0.25) is 0 Å². The van der Waals surface area contributed by atoms with Crippen molar-refractivity contribution < 1.29 is 24.9 Å². The summed E-state index contributed by atoms with van der Waals surface area (Å²) in [6.07, 6.45) is 10.7. The normalized spacial score (nSPS) is 23.8. The molecule has 0 saturated heterocycles. The molecule has 0 spiro atoms. The minimum Gasteiger partial charge on any atom is -0.480 e. The van der Waals surface area contributed by atoms with Crippen molar-refractivity contribution in [3.63, 3.8) is 0 Å². The number of aliphatic carboxylic acids is 1. The van der Waals surface area contributed by atoms with Gasteiger partial charge in [0.2, 0.25) is 0 Å². The van der Waals surface area contributed by atoms with E-state index in [0.29, 0.717) is 12.8 Å². The lowest BCUT2D eigenvalue weighted by Gasteiger charge is -2.18. The maximum atomic E-state index is 10.4. The summed E-state index contributed by atoms with van der Waals surface area (Å²) in [6, 6.07) is 2.12. The van der Waals surface area contributed by atoms with Gasteiger partial charge in [0.25, 0.3) is 0 Å². The largest absolute Gasteiger partial charge is 0.480 e. The number of aliphatic hydroxyl groups excluding tert-OH is 2. The summed E-state index contributed by atoms with van der Waals surface area (Å²) in [5, 5.41) is 29.0. The quantitative estimate of drug-likeness (QED) is 0.333. The van der Waals surface area contributed by atoms with Gasteiger partial charge >= 0.3 is 5.97 Å². The highest BCUT2D eigenvalue weighted by Gasteiger charge is 2.32. The van der Waals surface area contributed by atoms with E-state index in [0.717, 1.165) is 23.7 Å². The molecule has 1 aliphatic rings. The van der Waals surface area contributed by atoms with Crippen LogP contribution in [0.4, 0.5) is 0 Å². The molecule has 1 aliphatic carbocycles. The van der Waals surface area contributed by atoms with Crippen molar-refractivity contribution in [1.82, 2.24) is 0 Å². The van der Waals surface area contributed by atoms with E-state index in [4.69, 9.17) is 9.84 Å². The van der Waals surface area contributed by atoms with Crippen LogP contribution >= 0.6 is 27.3 Å². The predicted octanol–water partition coefficient (Wildman–Crippen LogP) is 4.10. The van der Waals surface area contributed by atoms with Crippen LogP contribution in [0.15, 0.2) is 34.8 Å². The molecule has 1 aromatic heterocycles. The predicted molar refractivity (Wildman–Crippen MR) is 115 cm³/mol. The number of aliphatic hydroxyl groups is 2. The molecule has 0 amide bonds. The fourth-order valence-electron chi connectivity index (χ4n) is 3.48. The molecular weight excluding hydrogens is 444 g/mol. The second-order valence-corrected chi connectivity index (χ2v) is 9.39. The van der Waals surface area contributed by atoms with Crippen LogP contribution in [0.3, 0.4) is 0 Å². The fourth-order valence-corrected chi connectivity index (χ4v) is 5.10. The molecule has 4 atom stereocenters. The molecule has 1 saturated carbocycles. The first kappa shape index (κ1) is 23.3. The summed E-state index contributed by atoms with van der Waals surface area (Å²) in [4.78, 5) is 12.9. The third kappa shape index (κ3) is 7.79. The summed E-state index contributed by atoms with van der Waals surface area (Å²) in [5.74, 6) is -0.618. The number of hydrogen-bond donors (Lipinski definition) is 3. The molecule has 28 heavy (non-hydrogen) atoms. The van der Waals surface area contributed by atoms with Crippen LogP contribution in [0.1, 0.15) is 35.4 Å². The summed E-state index contributed by atoms with van der Waals surface area (Å²) in [7, 11) is 0. The first-order chi connectivity index (χ1) is 13.4. The van der Waals surface area contributed by atoms with Gasteiger partial charge in [0, 0.05) is 14.2 Å². The summed E-state index contributed by atoms with van der Waals surface area (Å²) < 4.78 is 6.09. The number of carbonyl (C=O) groups is 1. The minimum absolute atomic E-state index is 0.120. The van der Waals surface area contributed by atoms with Crippen molar-refractivity contribution in [2.24, 2.45) is 11.8 Å². The molecule has 0 aromatic carbocycles. The van der Waals surface area contributed by atoms with E-state index < -0.39 is 12.1 Å². The van der Waals surface area contributed by atoms with Crippen LogP contribution in [-0.4, -0.2) is 46.7 Å². The van der Waals surface area contributed by atoms with Gasteiger partial charge in [-0.15, -0.1) is 11.3 Å². The molecule has 2 rings (SSSR count). The Morgan fingerprint density at radius 3 is 2.89 bits per heavy atom. The van der Waals surface area contributed by atoms with Crippen LogP contribution in [0.25, 0.3) is 0 Å². The Labute approximate surface area is 178 Å². The molecular formula is C21H29BrO5S. The van der Waals surface area contributed by atoms with Crippen LogP contribution < -0.4 is 0 Å². The molecule has 156 valence electrons. The summed E-state index contributed by atoms with van der Waals surface area (Å²) in [5.41, 5.74) is 0. The van der Waals surface area contributed by atoms with Gasteiger partial charge in [0.1, 0.15) is 6.61 Å². The van der Waals surface area contributed by atoms with Crippen molar-refractivity contribution in [1.29, 1.82) is 0 Å². The number of aryl methyl sites for hydroxylation is 2. The smallest absolute Gasteiger partial charge is 0.329 e. The van der Waals surface area contributed by atoms with Crippen molar-refractivity contribution in [2.45, 2.75) is 51.2 Å². The van der Waals surface area contributed by atoms with Gasteiger partial charge in [0.05, 0.1) is 18.8 Å². The lowest BCUT2D eigenvalue weighted by atomic mass is 9.90. The van der Waals surface area contributed by atoms with Crippen LogP contribution in [-0.2, 0) is 16.0 Å². The number of ether oxygens (including phenoxy) is 1. The second-order valence-electron chi connectivity index (χ2n) is 7.20. The van der Waals surface area contributed by atoms with E-state index in [1.165, 1.54) is 9.75 Å². The van der Waals surface area contributed by atoms with Gasteiger partial charge in [-0.2, -0.15) is 0 Å². The molecule has 0 aliphatic heterocycles. The molecule has 0 bridgehead atoms. The molecule has 7 heteroatoms. The summed E-state index contributed by atoms with van der Waals surface area (Å²) >= 11 is 5.27. The molecule has 2 unspecified atom stereocenters. The Kier molecular flexibility index (Phi) is 9.88. The number of carboxylic acids is 1. The van der Waals surface area contributed by atoms with E-state index in [1.54, 1.807) is 17.4 Å². The zero-order valence-corrected chi connectivity index (χ0v) is 18.5. The zero-order valence-electron chi connectivity index (χ0n) is 16.1. The lowest BCUT2D eigenvalue weighted by molar-refractivity contribution is -0.141. The maximum absolute atomic E-state index is 10.4. The summed E-state index contributed by atoms with van der Waals surface area (Å²) in [6.45, 7) is 2.03. The van der Waals surface area contributed by atoms with Gasteiger partial charge in [-0.1, -0.05) is 24.3 Å². The molecule has 1 heterocycles. The van der Waals surface area contributed by atoms with E-state index in [1.807, 2.05) is 12.2 Å². The zero-order chi connectivity index (χ0) is 20.5. The Balaban J connectivity index is 1.76. The topological polar surface area (TPSA) is 87.0 Å². The average molecular weight is 473 g/mol. The van der Waals surface area contributed by atoms with Gasteiger partial charge in [-0.25, -0.2) is 4.79 Å². The van der Waals surface area contributed by atoms with Gasteiger partial charge in [-0.05, 0) is 72.9 Å². The highest BCUT2D eigenvalue weighted by atomic mass is 79.9. The first-order valence-electron chi connectivity index (χ1n) is 9.60. The van der Waals surface area contributed by atoms with Crippen molar-refractivity contribution in [3.05, 3.63) is 44.6 Å². The second kappa shape index (κ2) is 11.9. The SMILES string of the molecule is Cc1sc(CC[C@H](O)/C=C/C2CCC(O)[C@@H]2C/C=C\COCC(=O)O)cc1Br. The van der Waals surface area contributed by atoms with Crippen molar-refractivity contribution >= 4 is 33.2 Å². The number of thiophene rings is 1. The van der Waals surface area contributed by atoms with Crippen molar-refractivity contribution in [3.8, 4) is 0 Å². The van der Waals surface area contributed by atoms with Gasteiger partial charge in [0.15, 0.2) is 0 Å². The molecule has 5 nitrogen and oxygen atoms in total. The third-order valence-electron chi connectivity index (χ3n) is 5.03. The van der Waals surface area contributed by atoms with Crippen molar-refractivity contribution in [2.75, 3.05) is 13.2 Å². The molecule has 1 fully saturated rings.